The number of ether oxygens (including phenoxy) is 1. The molecule has 9 heteroatoms. The van der Waals surface area contributed by atoms with E-state index in [2.05, 4.69) is 15.4 Å². The minimum absolute atomic E-state index is 0.00930. The first-order chi connectivity index (χ1) is 15.2. The SMILES string of the molecule is COC(=O)c1ccc(C(=O)Nc2cccc(C(=O)Nc3cccc(C(F)(F)F)c3)c2)cc1. The molecule has 0 saturated heterocycles. The first-order valence-corrected chi connectivity index (χ1v) is 9.26. The van der Waals surface area contributed by atoms with Crippen LogP contribution in [0, 0.1) is 0 Å². The van der Waals surface area contributed by atoms with E-state index in [1.165, 1.54) is 61.7 Å². The summed E-state index contributed by atoms with van der Waals surface area (Å²) in [5, 5.41) is 5.03. The molecule has 0 heterocycles. The Hall–Kier alpha value is -4.14. The van der Waals surface area contributed by atoms with Crippen LogP contribution in [-0.4, -0.2) is 24.9 Å². The molecule has 0 aliphatic rings. The molecule has 0 saturated carbocycles. The maximum Gasteiger partial charge on any atom is 0.416 e. The maximum absolute atomic E-state index is 12.8. The van der Waals surface area contributed by atoms with E-state index in [1.807, 2.05) is 0 Å². The molecule has 0 atom stereocenters. The summed E-state index contributed by atoms with van der Waals surface area (Å²) in [5.74, 6) is -1.64. The first-order valence-electron chi connectivity index (χ1n) is 9.26. The van der Waals surface area contributed by atoms with E-state index < -0.39 is 29.5 Å². The van der Waals surface area contributed by atoms with Crippen LogP contribution in [0.5, 0.6) is 0 Å². The summed E-state index contributed by atoms with van der Waals surface area (Å²) in [7, 11) is 1.25. The van der Waals surface area contributed by atoms with Crippen molar-refractivity contribution in [1.82, 2.24) is 0 Å². The number of rotatable bonds is 5. The summed E-state index contributed by atoms with van der Waals surface area (Å²) in [5.41, 5.74) is 0.123. The normalized spacial score (nSPS) is 10.9. The quantitative estimate of drug-likeness (QED) is 0.545. The topological polar surface area (TPSA) is 84.5 Å². The highest BCUT2D eigenvalue weighted by Crippen LogP contribution is 2.30. The van der Waals surface area contributed by atoms with Gasteiger partial charge in [0.1, 0.15) is 0 Å². The zero-order chi connectivity index (χ0) is 23.3. The number of hydrogen-bond acceptors (Lipinski definition) is 4. The van der Waals surface area contributed by atoms with Gasteiger partial charge in [-0.25, -0.2) is 4.79 Å². The molecule has 2 N–H and O–H groups in total. The van der Waals surface area contributed by atoms with Gasteiger partial charge in [0, 0.05) is 22.5 Å². The summed E-state index contributed by atoms with van der Waals surface area (Å²) in [6, 6.07) is 16.0. The molecule has 3 rings (SSSR count). The van der Waals surface area contributed by atoms with Gasteiger partial charge < -0.3 is 15.4 Å². The highest BCUT2D eigenvalue weighted by Gasteiger charge is 2.30. The van der Waals surface area contributed by atoms with E-state index >= 15 is 0 Å². The molecule has 0 aliphatic heterocycles. The molecular weight excluding hydrogens is 425 g/mol. The first kappa shape index (κ1) is 22.5. The van der Waals surface area contributed by atoms with Crippen molar-refractivity contribution in [2.24, 2.45) is 0 Å². The molecule has 0 radical (unpaired) electrons. The fourth-order valence-corrected chi connectivity index (χ4v) is 2.79. The predicted molar refractivity (Wildman–Crippen MR) is 112 cm³/mol. The minimum Gasteiger partial charge on any atom is -0.465 e. The average molecular weight is 442 g/mol. The fraction of sp³-hybridized carbons (Fsp3) is 0.0870. The number of nitrogens with one attached hydrogen (secondary N) is 2. The van der Waals surface area contributed by atoms with E-state index in [4.69, 9.17) is 0 Å². The summed E-state index contributed by atoms with van der Waals surface area (Å²) in [6.07, 6.45) is -4.53. The van der Waals surface area contributed by atoms with E-state index in [0.29, 0.717) is 5.69 Å². The largest absolute Gasteiger partial charge is 0.465 e. The van der Waals surface area contributed by atoms with Crippen LogP contribution in [0.25, 0.3) is 0 Å². The van der Waals surface area contributed by atoms with Crippen molar-refractivity contribution in [1.29, 1.82) is 0 Å². The zero-order valence-electron chi connectivity index (χ0n) is 16.7. The van der Waals surface area contributed by atoms with Gasteiger partial charge in [-0.1, -0.05) is 12.1 Å². The van der Waals surface area contributed by atoms with Crippen LogP contribution >= 0.6 is 0 Å². The van der Waals surface area contributed by atoms with Crippen LogP contribution in [0.15, 0.2) is 72.8 Å². The number of hydrogen-bond donors (Lipinski definition) is 2. The second-order valence-corrected chi connectivity index (χ2v) is 6.64. The average Bonchev–Trinajstić information content (AvgIpc) is 2.78. The molecule has 164 valence electrons. The molecule has 6 nitrogen and oxygen atoms in total. The summed E-state index contributed by atoms with van der Waals surface area (Å²) >= 11 is 0. The van der Waals surface area contributed by atoms with Crippen LogP contribution in [-0.2, 0) is 10.9 Å². The third-order valence-electron chi connectivity index (χ3n) is 4.40. The van der Waals surface area contributed by atoms with E-state index in [9.17, 15) is 27.6 Å². The van der Waals surface area contributed by atoms with Crippen LogP contribution in [0.4, 0.5) is 24.5 Å². The molecule has 0 fully saturated rings. The second-order valence-electron chi connectivity index (χ2n) is 6.64. The number of esters is 1. The van der Waals surface area contributed by atoms with Crippen molar-refractivity contribution in [3.63, 3.8) is 0 Å². The highest BCUT2D eigenvalue weighted by molar-refractivity contribution is 6.07. The van der Waals surface area contributed by atoms with Gasteiger partial charge in [-0.2, -0.15) is 13.2 Å². The molecule has 0 spiro atoms. The summed E-state index contributed by atoms with van der Waals surface area (Å²) < 4.78 is 43.1. The molecule has 3 aromatic carbocycles. The van der Waals surface area contributed by atoms with Crippen molar-refractivity contribution in [2.45, 2.75) is 6.18 Å². The Morgan fingerprint density at radius 3 is 1.84 bits per heavy atom. The van der Waals surface area contributed by atoms with E-state index in [0.717, 1.165) is 12.1 Å². The molecule has 32 heavy (non-hydrogen) atoms. The maximum atomic E-state index is 12.8. The van der Waals surface area contributed by atoms with Crippen molar-refractivity contribution in [3.8, 4) is 0 Å². The number of amides is 2. The molecule has 2 amide bonds. The lowest BCUT2D eigenvalue weighted by Crippen LogP contribution is -2.15. The van der Waals surface area contributed by atoms with Gasteiger partial charge in [0.05, 0.1) is 18.2 Å². The third kappa shape index (κ3) is 5.51. The lowest BCUT2D eigenvalue weighted by Gasteiger charge is -2.11. The van der Waals surface area contributed by atoms with Gasteiger partial charge in [-0.15, -0.1) is 0 Å². The number of carbonyl (C=O) groups excluding carboxylic acids is 3. The molecule has 3 aromatic rings. The van der Waals surface area contributed by atoms with Crippen LogP contribution in [0.3, 0.4) is 0 Å². The second kappa shape index (κ2) is 9.34. The standard InChI is InChI=1S/C23H17F3N2O4/c1-32-22(31)15-10-8-14(9-11-15)20(29)27-18-6-2-4-16(12-18)21(30)28-19-7-3-5-17(13-19)23(24,25)26/h2-13H,1H3,(H,27,29)(H,28,30). The van der Waals surface area contributed by atoms with Gasteiger partial charge >= 0.3 is 12.1 Å². The third-order valence-corrected chi connectivity index (χ3v) is 4.40. The lowest BCUT2D eigenvalue weighted by atomic mass is 10.1. The summed E-state index contributed by atoms with van der Waals surface area (Å²) in [4.78, 5) is 36.4. The number of methoxy groups -OCH3 is 1. The van der Waals surface area contributed by atoms with Crippen molar-refractivity contribution in [3.05, 3.63) is 95.1 Å². The van der Waals surface area contributed by atoms with Crippen molar-refractivity contribution in [2.75, 3.05) is 17.7 Å². The number of benzene rings is 3. The predicted octanol–water partition coefficient (Wildman–Crippen LogP) is 5.00. The Kier molecular flexibility index (Phi) is 6.58. The van der Waals surface area contributed by atoms with Gasteiger partial charge in [-0.05, 0) is 60.7 Å². The van der Waals surface area contributed by atoms with E-state index in [-0.39, 0.29) is 22.4 Å². The minimum atomic E-state index is -4.53. The monoisotopic (exact) mass is 442 g/mol. The van der Waals surface area contributed by atoms with Gasteiger partial charge in [-0.3, -0.25) is 9.59 Å². The fourth-order valence-electron chi connectivity index (χ4n) is 2.79. The molecule has 0 aromatic heterocycles. The molecule has 0 bridgehead atoms. The number of alkyl halides is 3. The Balaban J connectivity index is 1.70. The number of halogens is 3. The lowest BCUT2D eigenvalue weighted by molar-refractivity contribution is -0.137. The smallest absolute Gasteiger partial charge is 0.416 e. The van der Waals surface area contributed by atoms with Gasteiger partial charge in [0.2, 0.25) is 0 Å². The molecular formula is C23H17F3N2O4. The number of carbonyl (C=O) groups is 3. The van der Waals surface area contributed by atoms with E-state index in [1.54, 1.807) is 6.07 Å². The van der Waals surface area contributed by atoms with Gasteiger partial charge in [0.15, 0.2) is 0 Å². The van der Waals surface area contributed by atoms with Crippen molar-refractivity contribution >= 4 is 29.2 Å². The highest BCUT2D eigenvalue weighted by atomic mass is 19.4. The Bertz CT molecular complexity index is 1160. The van der Waals surface area contributed by atoms with Crippen LogP contribution < -0.4 is 10.6 Å². The zero-order valence-corrected chi connectivity index (χ0v) is 16.7. The number of anilines is 2. The molecule has 0 aliphatic carbocycles. The Morgan fingerprint density at radius 1 is 0.719 bits per heavy atom. The van der Waals surface area contributed by atoms with Crippen LogP contribution in [0.1, 0.15) is 36.6 Å². The van der Waals surface area contributed by atoms with Crippen LogP contribution in [0.2, 0.25) is 0 Å². The Morgan fingerprint density at radius 2 is 1.25 bits per heavy atom. The Labute approximate surface area is 181 Å². The molecule has 0 unspecified atom stereocenters. The summed E-state index contributed by atoms with van der Waals surface area (Å²) in [6.45, 7) is 0. The van der Waals surface area contributed by atoms with Gasteiger partial charge in [0.25, 0.3) is 11.8 Å². The van der Waals surface area contributed by atoms with Crippen molar-refractivity contribution < 1.29 is 32.3 Å².